The van der Waals surface area contributed by atoms with Gasteiger partial charge in [0.05, 0.1) is 0 Å². The molecule has 2 aromatic rings. The average Bonchev–Trinajstić information content (AvgIpc) is 2.50. The Kier molecular flexibility index (Phi) is 4.93. The van der Waals surface area contributed by atoms with Crippen molar-refractivity contribution in [2.24, 2.45) is 0 Å². The topological polar surface area (TPSA) is 32.3 Å². The summed E-state index contributed by atoms with van der Waals surface area (Å²) in [5.41, 5.74) is 2.26. The monoisotopic (exact) mass is 322 g/mol. The van der Waals surface area contributed by atoms with Gasteiger partial charge in [-0.25, -0.2) is 13.2 Å². The molecule has 2 rings (SSSR count). The van der Waals surface area contributed by atoms with Gasteiger partial charge in [-0.2, -0.15) is 0 Å². The molecule has 1 N–H and O–H groups in total. The van der Waals surface area contributed by atoms with Gasteiger partial charge in [-0.3, -0.25) is 4.79 Å². The predicted molar refractivity (Wildman–Crippen MR) is 82.8 cm³/mol. The number of anilines is 1. The average molecular weight is 322 g/mol. The normalized spacial score (nSPS) is 10.5. The SMILES string of the molecule is Cc1ccc(NCc2cc(F)c(F)c(F)c2)cc1C(=O)N(C)C. The van der Waals surface area contributed by atoms with Crippen LogP contribution in [0.15, 0.2) is 30.3 Å². The van der Waals surface area contributed by atoms with E-state index in [9.17, 15) is 18.0 Å². The van der Waals surface area contributed by atoms with E-state index in [1.165, 1.54) is 4.90 Å². The van der Waals surface area contributed by atoms with Crippen molar-refractivity contribution in [1.29, 1.82) is 0 Å². The lowest BCUT2D eigenvalue weighted by Crippen LogP contribution is -2.22. The quantitative estimate of drug-likeness (QED) is 0.870. The van der Waals surface area contributed by atoms with Crippen molar-refractivity contribution in [2.75, 3.05) is 19.4 Å². The lowest BCUT2D eigenvalue weighted by Gasteiger charge is -2.14. The number of carbonyl (C=O) groups is 1. The van der Waals surface area contributed by atoms with E-state index in [0.717, 1.165) is 17.7 Å². The van der Waals surface area contributed by atoms with E-state index in [1.807, 2.05) is 6.92 Å². The summed E-state index contributed by atoms with van der Waals surface area (Å²) in [7, 11) is 3.32. The van der Waals surface area contributed by atoms with Crippen LogP contribution in [0, 0.1) is 24.4 Å². The molecule has 0 aliphatic rings. The minimum absolute atomic E-state index is 0.104. The number of aryl methyl sites for hydroxylation is 1. The smallest absolute Gasteiger partial charge is 0.253 e. The molecular formula is C17H17F3N2O. The van der Waals surface area contributed by atoms with E-state index in [-0.39, 0.29) is 18.0 Å². The van der Waals surface area contributed by atoms with E-state index >= 15 is 0 Å². The van der Waals surface area contributed by atoms with Crippen LogP contribution in [0.25, 0.3) is 0 Å². The molecule has 0 fully saturated rings. The minimum atomic E-state index is -1.48. The number of halogens is 3. The van der Waals surface area contributed by atoms with Crippen LogP contribution >= 0.6 is 0 Å². The van der Waals surface area contributed by atoms with E-state index in [4.69, 9.17) is 0 Å². The van der Waals surface area contributed by atoms with E-state index < -0.39 is 17.5 Å². The Morgan fingerprint density at radius 3 is 2.26 bits per heavy atom. The molecule has 0 atom stereocenters. The molecule has 0 saturated heterocycles. The van der Waals surface area contributed by atoms with Gasteiger partial charge in [0, 0.05) is 31.9 Å². The first kappa shape index (κ1) is 16.9. The van der Waals surface area contributed by atoms with Gasteiger partial charge in [0.2, 0.25) is 0 Å². The molecular weight excluding hydrogens is 305 g/mol. The second kappa shape index (κ2) is 6.73. The summed E-state index contributed by atoms with van der Waals surface area (Å²) < 4.78 is 39.3. The molecule has 3 nitrogen and oxygen atoms in total. The van der Waals surface area contributed by atoms with Gasteiger partial charge in [0.15, 0.2) is 17.5 Å². The fourth-order valence-corrected chi connectivity index (χ4v) is 2.12. The Labute approximate surface area is 132 Å². The molecule has 0 saturated carbocycles. The molecule has 23 heavy (non-hydrogen) atoms. The maximum Gasteiger partial charge on any atom is 0.253 e. The number of hydrogen-bond acceptors (Lipinski definition) is 2. The largest absolute Gasteiger partial charge is 0.381 e. The highest BCUT2D eigenvalue weighted by Crippen LogP contribution is 2.19. The zero-order chi connectivity index (χ0) is 17.1. The Hall–Kier alpha value is -2.50. The zero-order valence-corrected chi connectivity index (χ0v) is 13.1. The molecule has 122 valence electrons. The van der Waals surface area contributed by atoms with Gasteiger partial charge in [-0.05, 0) is 42.3 Å². The van der Waals surface area contributed by atoms with Crippen LogP contribution in [0.1, 0.15) is 21.5 Å². The molecule has 6 heteroatoms. The van der Waals surface area contributed by atoms with Gasteiger partial charge in [0.1, 0.15) is 0 Å². The van der Waals surface area contributed by atoms with E-state index in [0.29, 0.717) is 11.3 Å². The Bertz CT molecular complexity index is 722. The van der Waals surface area contributed by atoms with Gasteiger partial charge < -0.3 is 10.2 Å². The highest BCUT2D eigenvalue weighted by Gasteiger charge is 2.13. The van der Waals surface area contributed by atoms with Gasteiger partial charge in [0.25, 0.3) is 5.91 Å². The zero-order valence-electron chi connectivity index (χ0n) is 13.1. The molecule has 0 heterocycles. The van der Waals surface area contributed by atoms with Crippen molar-refractivity contribution in [1.82, 2.24) is 4.90 Å². The molecule has 0 bridgehead atoms. The first-order valence-electron chi connectivity index (χ1n) is 6.99. The van der Waals surface area contributed by atoms with Crippen LogP contribution in [0.5, 0.6) is 0 Å². The van der Waals surface area contributed by atoms with Crippen LogP contribution < -0.4 is 5.32 Å². The fraction of sp³-hybridized carbons (Fsp3) is 0.235. The Morgan fingerprint density at radius 2 is 1.70 bits per heavy atom. The molecule has 2 aromatic carbocycles. The van der Waals surface area contributed by atoms with Crippen LogP contribution in [0.2, 0.25) is 0 Å². The second-order valence-electron chi connectivity index (χ2n) is 5.46. The number of carbonyl (C=O) groups excluding carboxylic acids is 1. The van der Waals surface area contributed by atoms with Crippen LogP contribution in [0.3, 0.4) is 0 Å². The summed E-state index contributed by atoms with van der Waals surface area (Å²) in [6, 6.07) is 7.09. The third-order valence-electron chi connectivity index (χ3n) is 3.41. The highest BCUT2D eigenvalue weighted by atomic mass is 19.2. The molecule has 0 unspecified atom stereocenters. The first-order valence-corrected chi connectivity index (χ1v) is 6.99. The summed E-state index contributed by atoms with van der Waals surface area (Å²) in [5, 5.41) is 2.97. The van der Waals surface area contributed by atoms with Crippen LogP contribution in [-0.4, -0.2) is 24.9 Å². The fourth-order valence-electron chi connectivity index (χ4n) is 2.12. The van der Waals surface area contributed by atoms with Crippen molar-refractivity contribution in [3.63, 3.8) is 0 Å². The lowest BCUT2D eigenvalue weighted by atomic mass is 10.1. The standard InChI is InChI=1S/C17H17F3N2O/c1-10-4-5-12(8-13(10)17(23)22(2)3)21-9-11-6-14(18)16(20)15(19)7-11/h4-8,21H,9H2,1-3H3. The summed E-state index contributed by atoms with van der Waals surface area (Å²) >= 11 is 0. The Morgan fingerprint density at radius 1 is 1.09 bits per heavy atom. The Balaban J connectivity index is 2.18. The molecule has 0 spiro atoms. The summed E-state index contributed by atoms with van der Waals surface area (Å²) in [6.07, 6.45) is 0. The van der Waals surface area contributed by atoms with Gasteiger partial charge in [-0.15, -0.1) is 0 Å². The van der Waals surface area contributed by atoms with Crippen molar-refractivity contribution in [3.05, 3.63) is 64.5 Å². The van der Waals surface area contributed by atoms with Gasteiger partial charge >= 0.3 is 0 Å². The van der Waals surface area contributed by atoms with Gasteiger partial charge in [-0.1, -0.05) is 6.07 Å². The highest BCUT2D eigenvalue weighted by molar-refractivity contribution is 5.96. The lowest BCUT2D eigenvalue weighted by molar-refractivity contribution is 0.0827. The van der Waals surface area contributed by atoms with Crippen LogP contribution in [0.4, 0.5) is 18.9 Å². The molecule has 0 aliphatic heterocycles. The maximum absolute atomic E-state index is 13.2. The van der Waals surface area contributed by atoms with Crippen molar-refractivity contribution < 1.29 is 18.0 Å². The molecule has 0 aromatic heterocycles. The number of nitrogens with zero attached hydrogens (tertiary/aromatic N) is 1. The minimum Gasteiger partial charge on any atom is -0.381 e. The number of rotatable bonds is 4. The molecule has 0 radical (unpaired) electrons. The third-order valence-corrected chi connectivity index (χ3v) is 3.41. The number of benzene rings is 2. The number of nitrogens with one attached hydrogen (secondary N) is 1. The second-order valence-corrected chi connectivity index (χ2v) is 5.46. The first-order chi connectivity index (χ1) is 10.8. The number of amides is 1. The number of hydrogen-bond donors (Lipinski definition) is 1. The maximum atomic E-state index is 13.2. The summed E-state index contributed by atoms with van der Waals surface area (Å²) in [6.45, 7) is 1.93. The van der Waals surface area contributed by atoms with Crippen molar-refractivity contribution in [2.45, 2.75) is 13.5 Å². The summed E-state index contributed by atoms with van der Waals surface area (Å²) in [4.78, 5) is 13.5. The van der Waals surface area contributed by atoms with Crippen molar-refractivity contribution in [3.8, 4) is 0 Å². The third kappa shape index (κ3) is 3.83. The predicted octanol–water partition coefficient (Wildman–Crippen LogP) is 3.73. The molecule has 0 aliphatic carbocycles. The molecule has 1 amide bonds. The van der Waals surface area contributed by atoms with Crippen LogP contribution in [-0.2, 0) is 6.54 Å². The van der Waals surface area contributed by atoms with Crippen molar-refractivity contribution >= 4 is 11.6 Å². The summed E-state index contributed by atoms with van der Waals surface area (Å²) in [5.74, 6) is -4.07. The van der Waals surface area contributed by atoms with E-state index in [2.05, 4.69) is 5.32 Å². The van der Waals surface area contributed by atoms with E-state index in [1.54, 1.807) is 32.3 Å².